The topological polar surface area (TPSA) is 41.5 Å². The number of halogens is 2. The lowest BCUT2D eigenvalue weighted by Crippen LogP contribution is -2.19. The second-order valence-corrected chi connectivity index (χ2v) is 9.14. The SMILES string of the molecule is O=C1NC(=Nc2cccc(Cl)c2)S/C1=C\c1ccc(Sc2ccc(Cl)cc2)cc1. The number of thioether (sulfide) groups is 1. The maximum absolute atomic E-state index is 12.3. The fourth-order valence-corrected chi connectivity index (χ4v) is 4.53. The molecule has 3 aromatic rings. The van der Waals surface area contributed by atoms with Gasteiger partial charge in [0.2, 0.25) is 0 Å². The molecule has 1 aliphatic rings. The molecule has 0 saturated carbocycles. The van der Waals surface area contributed by atoms with Crippen LogP contribution in [0.25, 0.3) is 6.08 Å². The Bertz CT molecular complexity index is 1110. The monoisotopic (exact) mass is 456 g/mol. The average Bonchev–Trinajstić information content (AvgIpc) is 3.04. The van der Waals surface area contributed by atoms with E-state index in [1.54, 1.807) is 23.9 Å². The molecular weight excluding hydrogens is 443 g/mol. The smallest absolute Gasteiger partial charge is 0.264 e. The highest BCUT2D eigenvalue weighted by molar-refractivity contribution is 8.18. The molecule has 1 saturated heterocycles. The van der Waals surface area contributed by atoms with Gasteiger partial charge in [-0.3, -0.25) is 4.79 Å². The number of carbonyl (C=O) groups is 1. The first-order valence-electron chi connectivity index (χ1n) is 8.64. The third kappa shape index (κ3) is 5.46. The molecule has 0 bridgehead atoms. The van der Waals surface area contributed by atoms with Crippen LogP contribution < -0.4 is 5.32 Å². The van der Waals surface area contributed by atoms with E-state index in [2.05, 4.69) is 10.3 Å². The molecule has 0 atom stereocenters. The van der Waals surface area contributed by atoms with Gasteiger partial charge in [0.05, 0.1) is 10.6 Å². The third-order valence-corrected chi connectivity index (χ3v) is 6.33. The number of amidine groups is 1. The van der Waals surface area contributed by atoms with Crippen LogP contribution in [-0.4, -0.2) is 11.1 Å². The van der Waals surface area contributed by atoms with Crippen LogP contribution in [0.1, 0.15) is 5.56 Å². The Kier molecular flexibility index (Phi) is 6.31. The van der Waals surface area contributed by atoms with Crippen LogP contribution in [0.3, 0.4) is 0 Å². The van der Waals surface area contributed by atoms with Crippen molar-refractivity contribution in [1.29, 1.82) is 0 Å². The predicted octanol–water partition coefficient (Wildman–Crippen LogP) is 7.04. The first-order chi connectivity index (χ1) is 14.0. The van der Waals surface area contributed by atoms with E-state index in [0.717, 1.165) is 20.4 Å². The van der Waals surface area contributed by atoms with Crippen molar-refractivity contribution in [2.24, 2.45) is 4.99 Å². The van der Waals surface area contributed by atoms with Gasteiger partial charge in [-0.15, -0.1) is 0 Å². The van der Waals surface area contributed by atoms with Crippen molar-refractivity contribution in [3.63, 3.8) is 0 Å². The van der Waals surface area contributed by atoms with Crippen molar-refractivity contribution >= 4 is 69.6 Å². The molecule has 0 aliphatic carbocycles. The number of aliphatic imine (C=N–C) groups is 1. The van der Waals surface area contributed by atoms with Gasteiger partial charge < -0.3 is 5.32 Å². The summed E-state index contributed by atoms with van der Waals surface area (Å²) >= 11 is 14.9. The summed E-state index contributed by atoms with van der Waals surface area (Å²) in [6.07, 6.45) is 1.86. The lowest BCUT2D eigenvalue weighted by Gasteiger charge is -2.03. The number of amides is 1. The van der Waals surface area contributed by atoms with E-state index in [4.69, 9.17) is 23.2 Å². The normalized spacial score (nSPS) is 16.4. The number of benzene rings is 3. The van der Waals surface area contributed by atoms with Crippen LogP contribution in [0.15, 0.2) is 92.5 Å². The Hall–Kier alpha value is -2.18. The Morgan fingerprint density at radius 2 is 1.59 bits per heavy atom. The van der Waals surface area contributed by atoms with Crippen molar-refractivity contribution in [3.05, 3.63) is 93.3 Å². The number of hydrogen-bond donors (Lipinski definition) is 1. The summed E-state index contributed by atoms with van der Waals surface area (Å²) in [5, 5.41) is 4.66. The summed E-state index contributed by atoms with van der Waals surface area (Å²) in [7, 11) is 0. The quantitative estimate of drug-likeness (QED) is 0.428. The summed E-state index contributed by atoms with van der Waals surface area (Å²) in [6, 6.07) is 23.0. The van der Waals surface area contributed by atoms with E-state index in [-0.39, 0.29) is 5.91 Å². The van der Waals surface area contributed by atoms with Gasteiger partial charge in [0.15, 0.2) is 5.17 Å². The Balaban J connectivity index is 1.46. The molecule has 0 aromatic heterocycles. The lowest BCUT2D eigenvalue weighted by molar-refractivity contribution is -0.115. The third-order valence-electron chi connectivity index (χ3n) is 3.92. The van der Waals surface area contributed by atoms with Gasteiger partial charge in [-0.1, -0.05) is 53.2 Å². The van der Waals surface area contributed by atoms with E-state index in [9.17, 15) is 4.79 Å². The Morgan fingerprint density at radius 1 is 0.897 bits per heavy atom. The van der Waals surface area contributed by atoms with Crippen LogP contribution in [0.4, 0.5) is 5.69 Å². The van der Waals surface area contributed by atoms with E-state index >= 15 is 0 Å². The summed E-state index contributed by atoms with van der Waals surface area (Å²) in [5.41, 5.74) is 1.65. The van der Waals surface area contributed by atoms with Gasteiger partial charge in [0.1, 0.15) is 0 Å². The van der Waals surface area contributed by atoms with Crippen molar-refractivity contribution in [3.8, 4) is 0 Å². The minimum absolute atomic E-state index is 0.157. The van der Waals surface area contributed by atoms with Crippen molar-refractivity contribution in [2.75, 3.05) is 0 Å². The average molecular weight is 457 g/mol. The van der Waals surface area contributed by atoms with Gasteiger partial charge in [0.25, 0.3) is 5.91 Å². The molecule has 0 spiro atoms. The van der Waals surface area contributed by atoms with Gasteiger partial charge in [0, 0.05) is 19.8 Å². The zero-order chi connectivity index (χ0) is 20.2. The largest absolute Gasteiger partial charge is 0.300 e. The molecule has 3 nitrogen and oxygen atoms in total. The molecule has 1 fully saturated rings. The van der Waals surface area contributed by atoms with Crippen LogP contribution >= 0.6 is 46.7 Å². The van der Waals surface area contributed by atoms with Crippen LogP contribution in [0.2, 0.25) is 10.0 Å². The van der Waals surface area contributed by atoms with Gasteiger partial charge >= 0.3 is 0 Å². The second kappa shape index (κ2) is 9.09. The molecule has 0 radical (unpaired) electrons. The highest BCUT2D eigenvalue weighted by Crippen LogP contribution is 2.31. The summed E-state index contributed by atoms with van der Waals surface area (Å²) in [4.78, 5) is 19.5. The molecule has 1 N–H and O–H groups in total. The van der Waals surface area contributed by atoms with Gasteiger partial charge in [-0.25, -0.2) is 4.99 Å². The van der Waals surface area contributed by atoms with Crippen molar-refractivity contribution in [1.82, 2.24) is 5.32 Å². The van der Waals surface area contributed by atoms with Gasteiger partial charge in [-0.2, -0.15) is 0 Å². The maximum Gasteiger partial charge on any atom is 0.264 e. The standard InChI is InChI=1S/C22H14Cl2N2OS2/c23-15-6-10-19(11-7-15)28-18-8-4-14(5-9-18)12-20-21(27)26-22(29-20)25-17-3-1-2-16(24)13-17/h1-13H,(H,25,26,27)/b20-12-. The fourth-order valence-electron chi connectivity index (χ4n) is 2.57. The van der Waals surface area contributed by atoms with Crippen molar-refractivity contribution < 1.29 is 4.79 Å². The molecule has 0 unspecified atom stereocenters. The molecule has 1 heterocycles. The highest BCUT2D eigenvalue weighted by Gasteiger charge is 2.23. The molecule has 1 aliphatic heterocycles. The van der Waals surface area contributed by atoms with Crippen LogP contribution in [0, 0.1) is 0 Å². The molecule has 29 heavy (non-hydrogen) atoms. The molecule has 7 heteroatoms. The molecule has 4 rings (SSSR count). The van der Waals surface area contributed by atoms with E-state index in [1.165, 1.54) is 11.8 Å². The van der Waals surface area contributed by atoms with E-state index in [0.29, 0.717) is 20.8 Å². The van der Waals surface area contributed by atoms with E-state index in [1.807, 2.05) is 66.7 Å². The fraction of sp³-hybridized carbons (Fsp3) is 0. The number of rotatable bonds is 4. The second-order valence-electron chi connectivity index (χ2n) is 6.09. The molecule has 1 amide bonds. The first kappa shape index (κ1) is 20.1. The zero-order valence-electron chi connectivity index (χ0n) is 14.9. The minimum atomic E-state index is -0.157. The number of carbonyl (C=O) groups excluding carboxylic acids is 1. The number of nitrogens with zero attached hydrogens (tertiary/aromatic N) is 1. The van der Waals surface area contributed by atoms with E-state index < -0.39 is 0 Å². The molecule has 144 valence electrons. The maximum atomic E-state index is 12.3. The summed E-state index contributed by atoms with van der Waals surface area (Å²) in [5.74, 6) is -0.157. The Labute approximate surface area is 187 Å². The zero-order valence-corrected chi connectivity index (χ0v) is 18.1. The van der Waals surface area contributed by atoms with Crippen LogP contribution in [-0.2, 0) is 4.79 Å². The first-order valence-corrected chi connectivity index (χ1v) is 11.0. The summed E-state index contributed by atoms with van der Waals surface area (Å²) < 4.78 is 0. The predicted molar refractivity (Wildman–Crippen MR) is 124 cm³/mol. The van der Waals surface area contributed by atoms with Crippen LogP contribution in [0.5, 0.6) is 0 Å². The van der Waals surface area contributed by atoms with Gasteiger partial charge in [-0.05, 0) is 78.0 Å². The molecular formula is C22H14Cl2N2OS2. The summed E-state index contributed by atoms with van der Waals surface area (Å²) in [6.45, 7) is 0. The lowest BCUT2D eigenvalue weighted by atomic mass is 10.2. The number of nitrogens with one attached hydrogen (secondary N) is 1. The Morgan fingerprint density at radius 3 is 2.28 bits per heavy atom. The molecule has 3 aromatic carbocycles. The number of hydrogen-bond acceptors (Lipinski definition) is 4. The van der Waals surface area contributed by atoms with Crippen molar-refractivity contribution in [2.45, 2.75) is 9.79 Å². The minimum Gasteiger partial charge on any atom is -0.300 e. The highest BCUT2D eigenvalue weighted by atomic mass is 35.5.